The fraction of sp³-hybridized carbons (Fsp3) is 1.00. The van der Waals surface area contributed by atoms with Gasteiger partial charge in [0.1, 0.15) is 18.3 Å². The summed E-state index contributed by atoms with van der Waals surface area (Å²) in [6.45, 7) is -0.981. The van der Waals surface area contributed by atoms with E-state index in [0.29, 0.717) is 0 Å². The minimum Gasteiger partial charge on any atom is -0.693 e. The molecule has 15 nitrogen and oxygen atoms in total. The van der Waals surface area contributed by atoms with Crippen molar-refractivity contribution in [2.45, 2.75) is 55.4 Å². The molecule has 198 valence electrons. The van der Waals surface area contributed by atoms with E-state index in [1.807, 2.05) is 0 Å². The van der Waals surface area contributed by atoms with E-state index in [9.17, 15) is 30.6 Å². The SMILES string of the molecule is O=N[O-].OCC1OC(COCC2C(CO)OC(O)C(O)C2O)CC(O)C1O.[Cl][Pt+2][Cl].[NH2-].[NH2-]. The Labute approximate surface area is 200 Å². The van der Waals surface area contributed by atoms with Crippen molar-refractivity contribution in [3.05, 3.63) is 22.4 Å². The molecule has 0 aliphatic carbocycles. The molecule has 0 aromatic carbocycles. The molecule has 2 rings (SSSR count). The van der Waals surface area contributed by atoms with Crippen molar-refractivity contribution in [1.82, 2.24) is 0 Å². The minimum atomic E-state index is -1.59. The van der Waals surface area contributed by atoms with Crippen LogP contribution in [0.25, 0.3) is 12.3 Å². The van der Waals surface area contributed by atoms with Crippen LogP contribution in [0.5, 0.6) is 0 Å². The van der Waals surface area contributed by atoms with Gasteiger partial charge in [0.15, 0.2) is 6.29 Å². The Bertz CT molecular complexity index is 465. The zero-order valence-corrected chi connectivity index (χ0v) is 20.4. The van der Waals surface area contributed by atoms with E-state index in [1.165, 1.54) is 0 Å². The first-order valence-electron chi connectivity index (χ1n) is 8.50. The zero-order chi connectivity index (χ0) is 23.3. The van der Waals surface area contributed by atoms with Crippen LogP contribution in [0.4, 0.5) is 0 Å². The molecule has 0 bridgehead atoms. The fourth-order valence-corrected chi connectivity index (χ4v) is 3.02. The number of halogens is 2. The Balaban J connectivity index is -0.000000946. The van der Waals surface area contributed by atoms with Crippen molar-refractivity contribution < 1.29 is 66.4 Å². The summed E-state index contributed by atoms with van der Waals surface area (Å²) in [7, 11) is 9.75. The number of rotatable bonds is 6. The predicted molar refractivity (Wildman–Crippen MR) is 108 cm³/mol. The van der Waals surface area contributed by atoms with Crippen LogP contribution in [0.15, 0.2) is 5.34 Å². The molecule has 0 spiro atoms. The van der Waals surface area contributed by atoms with E-state index in [1.54, 1.807) is 0 Å². The molecular weight excluding hydrogens is 668 g/mol. The minimum absolute atomic E-state index is 0. The van der Waals surface area contributed by atoms with Gasteiger partial charge < -0.3 is 72.4 Å². The van der Waals surface area contributed by atoms with Crippen LogP contribution < -0.4 is 0 Å². The number of aliphatic hydroxyl groups excluding tert-OH is 7. The van der Waals surface area contributed by atoms with Gasteiger partial charge >= 0.3 is 35.3 Å². The fourth-order valence-electron chi connectivity index (χ4n) is 3.02. The summed E-state index contributed by atoms with van der Waals surface area (Å²) in [6, 6.07) is 0. The van der Waals surface area contributed by atoms with Crippen LogP contribution in [0.3, 0.4) is 0 Å². The monoisotopic (exact) mass is 697 g/mol. The summed E-state index contributed by atoms with van der Waals surface area (Å²) in [5.41, 5.74) is 0. The normalized spacial score (nSPS) is 36.2. The molecule has 9 unspecified atom stereocenters. The second-order valence-corrected chi connectivity index (χ2v) is 9.61. The average Bonchev–Trinajstić information content (AvgIpc) is 2.71. The van der Waals surface area contributed by atoms with Crippen LogP contribution in [-0.4, -0.2) is 111 Å². The van der Waals surface area contributed by atoms with Gasteiger partial charge in [-0.25, -0.2) is 0 Å². The van der Waals surface area contributed by atoms with Crippen LogP contribution in [-0.2, 0) is 30.7 Å². The maximum atomic E-state index is 9.98. The van der Waals surface area contributed by atoms with Crippen LogP contribution in [0.2, 0.25) is 0 Å². The first-order chi connectivity index (χ1) is 14.2. The molecular formula is C14H30Cl2N3O12Pt-. The molecule has 0 aromatic rings. The van der Waals surface area contributed by atoms with Gasteiger partial charge in [-0.2, -0.15) is 0 Å². The zero-order valence-electron chi connectivity index (χ0n) is 16.6. The molecule has 2 fully saturated rings. The van der Waals surface area contributed by atoms with Gasteiger partial charge in [0.2, 0.25) is 0 Å². The van der Waals surface area contributed by atoms with Crippen molar-refractivity contribution in [2.24, 2.45) is 11.3 Å². The Morgan fingerprint density at radius 1 is 0.938 bits per heavy atom. The van der Waals surface area contributed by atoms with Crippen LogP contribution >= 0.6 is 18.8 Å². The molecule has 11 N–H and O–H groups in total. The number of hydrogen-bond acceptors (Lipinski definition) is 13. The van der Waals surface area contributed by atoms with Crippen molar-refractivity contribution in [3.8, 4) is 0 Å². The Hall–Kier alpha value is 0.188. The third-order valence-corrected chi connectivity index (χ3v) is 4.49. The molecule has 0 saturated carbocycles. The summed E-state index contributed by atoms with van der Waals surface area (Å²) < 4.78 is 15.9. The van der Waals surface area contributed by atoms with Crippen LogP contribution in [0, 0.1) is 16.0 Å². The molecule has 0 aromatic heterocycles. The summed E-state index contributed by atoms with van der Waals surface area (Å²) >= 11 is -0.472. The third-order valence-electron chi connectivity index (χ3n) is 4.49. The predicted octanol–water partition coefficient (Wildman–Crippen LogP) is -1.02. The topological polar surface area (TPSA) is 289 Å². The molecule has 32 heavy (non-hydrogen) atoms. The number of hydrogen-bond donors (Lipinski definition) is 7. The van der Waals surface area contributed by atoms with Gasteiger partial charge in [0.05, 0.1) is 50.8 Å². The van der Waals surface area contributed by atoms with Gasteiger partial charge in [-0.1, -0.05) is 0 Å². The largest absolute Gasteiger partial charge is 0.693 e. The van der Waals surface area contributed by atoms with E-state index in [-0.39, 0.29) is 31.9 Å². The summed E-state index contributed by atoms with van der Waals surface area (Å²) in [6.07, 6.45) is -8.91. The van der Waals surface area contributed by atoms with E-state index >= 15 is 0 Å². The molecule has 2 aliphatic rings. The molecule has 2 heterocycles. The Morgan fingerprint density at radius 3 is 1.91 bits per heavy atom. The van der Waals surface area contributed by atoms with Crippen molar-refractivity contribution in [3.63, 3.8) is 0 Å². The van der Waals surface area contributed by atoms with Gasteiger partial charge in [-0.3, -0.25) is 0 Å². The van der Waals surface area contributed by atoms with Crippen LogP contribution in [0.1, 0.15) is 6.42 Å². The first-order valence-corrected chi connectivity index (χ1v) is 14.1. The number of nitrogens with two attached hydrogens (primary N) is 2. The maximum absolute atomic E-state index is 9.98. The Morgan fingerprint density at radius 2 is 1.44 bits per heavy atom. The van der Waals surface area contributed by atoms with Gasteiger partial charge in [0, 0.05) is 12.3 Å². The molecule has 2 aliphatic heterocycles. The molecule has 9 atom stereocenters. The smallest absolute Gasteiger partial charge is 0.693 e. The molecule has 0 radical (unpaired) electrons. The number of nitrogens with zero attached hydrogens (tertiary/aromatic N) is 1. The van der Waals surface area contributed by atoms with E-state index in [2.05, 4.69) is 0 Å². The van der Waals surface area contributed by atoms with Gasteiger partial charge in [0.25, 0.3) is 0 Å². The van der Waals surface area contributed by atoms with Gasteiger partial charge in [-0.15, -0.1) is 5.34 Å². The Kier molecular flexibility index (Phi) is 23.6. The van der Waals surface area contributed by atoms with Crippen molar-refractivity contribution in [1.29, 1.82) is 0 Å². The third kappa shape index (κ3) is 12.1. The average molecular weight is 698 g/mol. The van der Waals surface area contributed by atoms with E-state index < -0.39 is 84.6 Å². The first kappa shape index (κ1) is 36.8. The summed E-state index contributed by atoms with van der Waals surface area (Å²) in [5, 5.41) is 75.8. The van der Waals surface area contributed by atoms with Gasteiger partial charge in [-0.05, 0) is 0 Å². The van der Waals surface area contributed by atoms with Crippen molar-refractivity contribution in [2.75, 3.05) is 26.4 Å². The number of aliphatic hydroxyl groups is 7. The van der Waals surface area contributed by atoms with Crippen molar-refractivity contribution >= 4 is 18.8 Å². The number of ether oxygens (including phenoxy) is 3. The summed E-state index contributed by atoms with van der Waals surface area (Å²) in [4.78, 5) is 8.00. The van der Waals surface area contributed by atoms with E-state index in [4.69, 9.17) is 48.3 Å². The second-order valence-electron chi connectivity index (χ2n) is 6.32. The quantitative estimate of drug-likeness (QED) is 0.130. The maximum Gasteiger partial charge on any atom is -0.693 e. The molecule has 18 heteroatoms. The molecule has 2 saturated heterocycles. The second kappa shape index (κ2) is 20.6. The standard InChI is InChI=1S/C14H26O10.2ClH.HNO2.2H2N.Pt/c15-2-9-7(11(18)13(20)14(21)24-9)5-22-4-6-1-8(17)12(19)10(3-16)23-6;;;2-1-3;;;/h6-21H,1-5H2;2*1H;(H,2,3);2*1H2;/q;;;;2*-1;+4/p-3. The summed E-state index contributed by atoms with van der Waals surface area (Å²) in [5.74, 6) is -0.763. The van der Waals surface area contributed by atoms with E-state index in [0.717, 1.165) is 5.34 Å². The molecule has 0 amide bonds.